The van der Waals surface area contributed by atoms with Gasteiger partial charge in [0.15, 0.2) is 0 Å². The monoisotopic (exact) mass is 342 g/mol. The number of hydrogen-bond acceptors (Lipinski definition) is 2. The molecule has 0 aliphatic heterocycles. The van der Waals surface area contributed by atoms with Crippen molar-refractivity contribution < 1.29 is 4.39 Å². The van der Waals surface area contributed by atoms with Gasteiger partial charge >= 0.3 is 0 Å². The Morgan fingerprint density at radius 2 is 2.05 bits per heavy atom. The number of hydrogen-bond donors (Lipinski definition) is 1. The molecule has 2 nitrogen and oxygen atoms in total. The first-order chi connectivity index (χ1) is 9.67. The van der Waals surface area contributed by atoms with Crippen molar-refractivity contribution >= 4 is 15.9 Å². The van der Waals surface area contributed by atoms with Crippen LogP contribution in [0.4, 0.5) is 4.39 Å². The van der Waals surface area contributed by atoms with Crippen molar-refractivity contribution in [3.8, 4) is 0 Å². The van der Waals surface area contributed by atoms with E-state index in [1.54, 1.807) is 6.07 Å². The Morgan fingerprint density at radius 1 is 1.35 bits per heavy atom. The summed E-state index contributed by atoms with van der Waals surface area (Å²) in [6.07, 6.45) is 6.30. The van der Waals surface area contributed by atoms with Gasteiger partial charge in [-0.1, -0.05) is 42.1 Å². The van der Waals surface area contributed by atoms with Crippen molar-refractivity contribution in [3.63, 3.8) is 0 Å². The van der Waals surface area contributed by atoms with Crippen molar-refractivity contribution in [1.82, 2.24) is 4.90 Å². The Kier molecular flexibility index (Phi) is 6.00. The Labute approximate surface area is 129 Å². The van der Waals surface area contributed by atoms with Gasteiger partial charge < -0.3 is 5.73 Å². The van der Waals surface area contributed by atoms with E-state index >= 15 is 0 Å². The number of likely N-dealkylation sites (N-methyl/N-ethyl adjacent to an activating group) is 1. The molecule has 0 spiro atoms. The van der Waals surface area contributed by atoms with Gasteiger partial charge in [0.05, 0.1) is 6.04 Å². The van der Waals surface area contributed by atoms with Gasteiger partial charge in [0.25, 0.3) is 0 Å². The van der Waals surface area contributed by atoms with Crippen molar-refractivity contribution in [2.45, 2.75) is 51.1 Å². The molecular formula is C16H24BrFN2. The maximum absolute atomic E-state index is 14.2. The number of halogens is 2. The summed E-state index contributed by atoms with van der Waals surface area (Å²) in [6, 6.07) is 5.65. The van der Waals surface area contributed by atoms with Gasteiger partial charge in [-0.15, -0.1) is 0 Å². The highest BCUT2D eigenvalue weighted by Crippen LogP contribution is 2.31. The average molecular weight is 343 g/mol. The van der Waals surface area contributed by atoms with E-state index in [1.807, 2.05) is 6.07 Å². The Hall–Kier alpha value is -0.450. The van der Waals surface area contributed by atoms with E-state index in [2.05, 4.69) is 27.8 Å². The summed E-state index contributed by atoms with van der Waals surface area (Å²) in [4.78, 5) is 2.39. The standard InChI is InChI=1S/C16H24BrFN2/c1-2-20(13-6-4-3-5-7-13)16(11-19)14-10-12(17)8-9-15(14)18/h8-10,13,16H,2-7,11,19H2,1H3. The molecule has 2 N–H and O–H groups in total. The Bertz CT molecular complexity index is 432. The summed E-state index contributed by atoms with van der Waals surface area (Å²) in [6.45, 7) is 3.52. The number of benzene rings is 1. The van der Waals surface area contributed by atoms with Crippen molar-refractivity contribution in [3.05, 3.63) is 34.1 Å². The quantitative estimate of drug-likeness (QED) is 0.866. The highest BCUT2D eigenvalue weighted by Gasteiger charge is 2.28. The Balaban J connectivity index is 2.26. The second-order valence-corrected chi connectivity index (χ2v) is 6.46. The normalized spacial score (nSPS) is 18.4. The largest absolute Gasteiger partial charge is 0.329 e. The smallest absolute Gasteiger partial charge is 0.128 e. The minimum Gasteiger partial charge on any atom is -0.329 e. The van der Waals surface area contributed by atoms with Gasteiger partial charge in [0, 0.05) is 22.6 Å². The molecule has 20 heavy (non-hydrogen) atoms. The van der Waals surface area contributed by atoms with Crippen molar-refractivity contribution in [2.75, 3.05) is 13.1 Å². The van der Waals surface area contributed by atoms with Gasteiger partial charge in [-0.25, -0.2) is 4.39 Å². The molecular weight excluding hydrogens is 319 g/mol. The van der Waals surface area contributed by atoms with Crippen LogP contribution >= 0.6 is 15.9 Å². The molecule has 1 saturated carbocycles. The van der Waals surface area contributed by atoms with Crippen LogP contribution in [0.2, 0.25) is 0 Å². The van der Waals surface area contributed by atoms with Crippen LogP contribution in [-0.2, 0) is 0 Å². The van der Waals surface area contributed by atoms with Crippen molar-refractivity contribution in [1.29, 1.82) is 0 Å². The van der Waals surface area contributed by atoms with Crippen LogP contribution in [-0.4, -0.2) is 24.0 Å². The minimum absolute atomic E-state index is 0.0272. The summed E-state index contributed by atoms with van der Waals surface area (Å²) in [5.74, 6) is -0.155. The van der Waals surface area contributed by atoms with Gasteiger partial charge in [-0.05, 0) is 37.6 Å². The van der Waals surface area contributed by atoms with E-state index < -0.39 is 0 Å². The number of rotatable bonds is 5. The zero-order chi connectivity index (χ0) is 14.5. The summed E-state index contributed by atoms with van der Waals surface area (Å²) in [5.41, 5.74) is 6.70. The van der Waals surface area contributed by atoms with Crippen LogP contribution in [0.25, 0.3) is 0 Å². The highest BCUT2D eigenvalue weighted by molar-refractivity contribution is 9.10. The van der Waals surface area contributed by atoms with E-state index in [0.29, 0.717) is 18.2 Å². The molecule has 1 aliphatic rings. The summed E-state index contributed by atoms with van der Waals surface area (Å²) < 4.78 is 15.1. The molecule has 0 aromatic heterocycles. The van der Waals surface area contributed by atoms with Crippen LogP contribution < -0.4 is 5.73 Å². The second kappa shape index (κ2) is 7.53. The van der Waals surface area contributed by atoms with Crippen LogP contribution in [0.5, 0.6) is 0 Å². The molecule has 1 fully saturated rings. The molecule has 1 aromatic rings. The van der Waals surface area contributed by atoms with E-state index in [1.165, 1.54) is 38.2 Å². The third-order valence-corrected chi connectivity index (χ3v) is 4.84. The lowest BCUT2D eigenvalue weighted by molar-refractivity contribution is 0.111. The Morgan fingerprint density at radius 3 is 2.65 bits per heavy atom. The summed E-state index contributed by atoms with van der Waals surface area (Å²) >= 11 is 3.43. The molecule has 1 atom stereocenters. The lowest BCUT2D eigenvalue weighted by Gasteiger charge is -2.39. The van der Waals surface area contributed by atoms with Gasteiger partial charge in [-0.3, -0.25) is 4.90 Å². The van der Waals surface area contributed by atoms with Gasteiger partial charge in [-0.2, -0.15) is 0 Å². The topological polar surface area (TPSA) is 29.3 Å². The minimum atomic E-state index is -0.155. The SMILES string of the molecule is CCN(C1CCCCC1)C(CN)c1cc(Br)ccc1F. The van der Waals surface area contributed by atoms with Crippen LogP contribution in [0.1, 0.15) is 50.6 Å². The first kappa shape index (κ1) is 15.9. The molecule has 112 valence electrons. The van der Waals surface area contributed by atoms with E-state index in [0.717, 1.165) is 11.0 Å². The molecule has 0 radical (unpaired) electrons. The van der Waals surface area contributed by atoms with E-state index in [-0.39, 0.29) is 11.9 Å². The number of nitrogens with two attached hydrogens (primary N) is 1. The molecule has 4 heteroatoms. The zero-order valence-corrected chi connectivity index (χ0v) is 13.7. The maximum Gasteiger partial charge on any atom is 0.128 e. The maximum atomic E-state index is 14.2. The number of nitrogens with zero attached hydrogens (tertiary/aromatic N) is 1. The molecule has 1 unspecified atom stereocenters. The highest BCUT2D eigenvalue weighted by atomic mass is 79.9. The molecule has 1 aromatic carbocycles. The van der Waals surface area contributed by atoms with Crippen LogP contribution in [0, 0.1) is 5.82 Å². The zero-order valence-electron chi connectivity index (χ0n) is 12.1. The first-order valence-corrected chi connectivity index (χ1v) is 8.37. The fraction of sp³-hybridized carbons (Fsp3) is 0.625. The fourth-order valence-corrected chi connectivity index (χ4v) is 3.74. The summed E-state index contributed by atoms with van der Waals surface area (Å²) in [5, 5.41) is 0. The predicted octanol–water partition coefficient (Wildman–Crippen LogP) is 4.24. The third kappa shape index (κ3) is 3.60. The molecule has 1 aliphatic carbocycles. The van der Waals surface area contributed by atoms with Gasteiger partial charge in [0.1, 0.15) is 5.82 Å². The molecule has 0 heterocycles. The molecule has 0 bridgehead atoms. The molecule has 2 rings (SSSR count). The van der Waals surface area contributed by atoms with E-state index in [4.69, 9.17) is 5.73 Å². The van der Waals surface area contributed by atoms with Crippen molar-refractivity contribution in [2.24, 2.45) is 5.73 Å². The lowest BCUT2D eigenvalue weighted by atomic mass is 9.91. The van der Waals surface area contributed by atoms with Crippen LogP contribution in [0.3, 0.4) is 0 Å². The lowest BCUT2D eigenvalue weighted by Crippen LogP contribution is -2.42. The molecule has 0 amide bonds. The third-order valence-electron chi connectivity index (χ3n) is 4.35. The van der Waals surface area contributed by atoms with E-state index in [9.17, 15) is 4.39 Å². The van der Waals surface area contributed by atoms with Gasteiger partial charge in [0.2, 0.25) is 0 Å². The first-order valence-electron chi connectivity index (χ1n) is 7.58. The summed E-state index contributed by atoms with van der Waals surface area (Å²) in [7, 11) is 0. The predicted molar refractivity (Wildman–Crippen MR) is 85.1 cm³/mol. The fourth-order valence-electron chi connectivity index (χ4n) is 3.36. The average Bonchev–Trinajstić information content (AvgIpc) is 2.48. The molecule has 0 saturated heterocycles. The van der Waals surface area contributed by atoms with Crippen LogP contribution in [0.15, 0.2) is 22.7 Å². The second-order valence-electron chi connectivity index (χ2n) is 5.54.